The zero-order chi connectivity index (χ0) is 14.5. The van der Waals surface area contributed by atoms with Crippen LogP contribution in [-0.2, 0) is 4.74 Å². The van der Waals surface area contributed by atoms with Gasteiger partial charge in [-0.05, 0) is 50.1 Å². The number of benzene rings is 1. The van der Waals surface area contributed by atoms with Gasteiger partial charge in [-0.15, -0.1) is 0 Å². The molecule has 0 bridgehead atoms. The lowest BCUT2D eigenvalue weighted by atomic mass is 10.1. The van der Waals surface area contributed by atoms with Gasteiger partial charge >= 0.3 is 0 Å². The number of aryl methyl sites for hydroxylation is 2. The molecule has 20 heavy (non-hydrogen) atoms. The molecule has 110 valence electrons. The molecule has 1 saturated heterocycles. The van der Waals surface area contributed by atoms with Crippen LogP contribution in [0.15, 0.2) is 16.6 Å². The van der Waals surface area contributed by atoms with Crippen LogP contribution in [0.2, 0.25) is 0 Å². The first kappa shape index (κ1) is 15.5. The number of rotatable bonds is 3. The minimum absolute atomic E-state index is 0.0362. The highest BCUT2D eigenvalue weighted by Crippen LogP contribution is 2.21. The maximum absolute atomic E-state index is 12.3. The molecular weight excluding hydrogens is 320 g/mol. The molecule has 1 atom stereocenters. The monoisotopic (exact) mass is 340 g/mol. The van der Waals surface area contributed by atoms with Crippen molar-refractivity contribution in [1.29, 1.82) is 0 Å². The van der Waals surface area contributed by atoms with Crippen LogP contribution in [-0.4, -0.2) is 38.3 Å². The minimum atomic E-state index is -0.0362. The first-order valence-electron chi connectivity index (χ1n) is 6.95. The van der Waals surface area contributed by atoms with Gasteiger partial charge in [-0.1, -0.05) is 15.9 Å². The third-order valence-corrected chi connectivity index (χ3v) is 4.32. The second-order valence-corrected chi connectivity index (χ2v) is 6.03. The van der Waals surface area contributed by atoms with Gasteiger partial charge < -0.3 is 15.4 Å². The van der Waals surface area contributed by atoms with Crippen molar-refractivity contribution in [3.63, 3.8) is 0 Å². The third-order valence-electron chi connectivity index (χ3n) is 3.46. The fraction of sp³-hybridized carbons (Fsp3) is 0.533. The molecule has 0 spiro atoms. The summed E-state index contributed by atoms with van der Waals surface area (Å²) in [6.45, 7) is 7.00. The quantitative estimate of drug-likeness (QED) is 0.886. The van der Waals surface area contributed by atoms with Crippen LogP contribution < -0.4 is 10.6 Å². The average Bonchev–Trinajstić information content (AvgIpc) is 2.69. The SMILES string of the molecule is Cc1cc(C(=O)NCC2CNCCCO2)c(C)cc1Br. The Bertz CT molecular complexity index is 483. The Morgan fingerprint density at radius 2 is 2.25 bits per heavy atom. The summed E-state index contributed by atoms with van der Waals surface area (Å²) in [6.07, 6.45) is 1.08. The number of amides is 1. The minimum Gasteiger partial charge on any atom is -0.375 e. The Hall–Kier alpha value is -0.910. The second kappa shape index (κ2) is 7.20. The second-order valence-electron chi connectivity index (χ2n) is 5.18. The third kappa shape index (κ3) is 4.04. The average molecular weight is 341 g/mol. The molecule has 1 heterocycles. The number of carbonyl (C=O) groups excluding carboxylic acids is 1. The van der Waals surface area contributed by atoms with Crippen LogP contribution in [0.4, 0.5) is 0 Å². The molecule has 1 aromatic rings. The summed E-state index contributed by atoms with van der Waals surface area (Å²) in [5, 5.41) is 6.27. The van der Waals surface area contributed by atoms with Crippen LogP contribution in [0.5, 0.6) is 0 Å². The first-order valence-corrected chi connectivity index (χ1v) is 7.74. The molecule has 1 fully saturated rings. The molecule has 0 radical (unpaired) electrons. The topological polar surface area (TPSA) is 50.4 Å². The molecule has 2 N–H and O–H groups in total. The Kier molecular flexibility index (Phi) is 5.57. The van der Waals surface area contributed by atoms with Crippen LogP contribution >= 0.6 is 15.9 Å². The van der Waals surface area contributed by atoms with Crippen LogP contribution in [0.25, 0.3) is 0 Å². The van der Waals surface area contributed by atoms with Gasteiger partial charge in [-0.3, -0.25) is 4.79 Å². The molecule has 0 aromatic heterocycles. The van der Waals surface area contributed by atoms with E-state index in [0.717, 1.165) is 47.3 Å². The highest BCUT2D eigenvalue weighted by molar-refractivity contribution is 9.10. The van der Waals surface area contributed by atoms with E-state index in [1.165, 1.54) is 0 Å². The lowest BCUT2D eigenvalue weighted by molar-refractivity contribution is 0.0626. The van der Waals surface area contributed by atoms with Crippen molar-refractivity contribution in [1.82, 2.24) is 10.6 Å². The number of ether oxygens (including phenoxy) is 1. The predicted octanol–water partition coefficient (Wildman–Crippen LogP) is 2.17. The number of hydrogen-bond acceptors (Lipinski definition) is 3. The molecule has 1 aliphatic rings. The normalized spacial score (nSPS) is 19.4. The number of hydrogen-bond donors (Lipinski definition) is 2. The fourth-order valence-corrected chi connectivity index (χ4v) is 2.69. The van der Waals surface area contributed by atoms with Crippen molar-refractivity contribution in [3.05, 3.63) is 33.3 Å². The number of nitrogens with one attached hydrogen (secondary N) is 2. The van der Waals surface area contributed by atoms with E-state index in [9.17, 15) is 4.79 Å². The van der Waals surface area contributed by atoms with Gasteiger partial charge in [0.05, 0.1) is 6.10 Å². The maximum atomic E-state index is 12.3. The smallest absolute Gasteiger partial charge is 0.251 e. The molecule has 1 aromatic carbocycles. The van der Waals surface area contributed by atoms with E-state index in [0.29, 0.717) is 6.54 Å². The van der Waals surface area contributed by atoms with Crippen molar-refractivity contribution >= 4 is 21.8 Å². The van der Waals surface area contributed by atoms with Crippen LogP contribution in [0, 0.1) is 13.8 Å². The predicted molar refractivity (Wildman–Crippen MR) is 83.2 cm³/mol. The van der Waals surface area contributed by atoms with E-state index in [4.69, 9.17) is 4.74 Å². The highest BCUT2D eigenvalue weighted by Gasteiger charge is 2.15. The summed E-state index contributed by atoms with van der Waals surface area (Å²) in [5.41, 5.74) is 2.76. The van der Waals surface area contributed by atoms with Gasteiger partial charge in [0.15, 0.2) is 0 Å². The van der Waals surface area contributed by atoms with Crippen molar-refractivity contribution in [2.45, 2.75) is 26.4 Å². The standard InChI is InChI=1S/C15H21BrN2O2/c1-10-7-14(16)11(2)6-13(10)15(19)18-9-12-8-17-4-3-5-20-12/h6-7,12,17H,3-5,8-9H2,1-2H3,(H,18,19). The summed E-state index contributed by atoms with van der Waals surface area (Å²) < 4.78 is 6.71. The summed E-state index contributed by atoms with van der Waals surface area (Å²) in [6, 6.07) is 3.90. The van der Waals surface area contributed by atoms with E-state index in [-0.39, 0.29) is 12.0 Å². The fourth-order valence-electron chi connectivity index (χ4n) is 2.23. The lowest BCUT2D eigenvalue weighted by Gasteiger charge is -2.16. The first-order chi connectivity index (χ1) is 9.58. The molecule has 1 aliphatic heterocycles. The van der Waals surface area contributed by atoms with Crippen molar-refractivity contribution < 1.29 is 9.53 Å². The van der Waals surface area contributed by atoms with Crippen molar-refractivity contribution in [2.75, 3.05) is 26.2 Å². The Labute approximate surface area is 128 Å². The van der Waals surface area contributed by atoms with Crippen LogP contribution in [0.1, 0.15) is 27.9 Å². The summed E-state index contributed by atoms with van der Waals surface area (Å²) in [5.74, 6) is -0.0362. The van der Waals surface area contributed by atoms with Gasteiger partial charge in [0, 0.05) is 29.7 Å². The van der Waals surface area contributed by atoms with E-state index in [2.05, 4.69) is 26.6 Å². The summed E-state index contributed by atoms with van der Waals surface area (Å²) in [7, 11) is 0. The summed E-state index contributed by atoms with van der Waals surface area (Å²) >= 11 is 3.48. The molecule has 1 unspecified atom stereocenters. The molecular formula is C15H21BrN2O2. The largest absolute Gasteiger partial charge is 0.375 e. The Balaban J connectivity index is 1.96. The van der Waals surface area contributed by atoms with Crippen molar-refractivity contribution in [2.24, 2.45) is 0 Å². The lowest BCUT2D eigenvalue weighted by Crippen LogP contribution is -2.38. The van der Waals surface area contributed by atoms with Crippen LogP contribution in [0.3, 0.4) is 0 Å². The van der Waals surface area contributed by atoms with Crippen molar-refractivity contribution in [3.8, 4) is 0 Å². The molecule has 1 amide bonds. The Morgan fingerprint density at radius 1 is 1.45 bits per heavy atom. The molecule has 5 heteroatoms. The van der Waals surface area contributed by atoms with E-state index >= 15 is 0 Å². The van der Waals surface area contributed by atoms with Gasteiger partial charge in [0.25, 0.3) is 5.91 Å². The van der Waals surface area contributed by atoms with Gasteiger partial charge in [-0.25, -0.2) is 0 Å². The van der Waals surface area contributed by atoms with Gasteiger partial charge in [0.2, 0.25) is 0 Å². The number of halogens is 1. The van der Waals surface area contributed by atoms with E-state index in [1.807, 2.05) is 26.0 Å². The molecule has 4 nitrogen and oxygen atoms in total. The van der Waals surface area contributed by atoms with Gasteiger partial charge in [0.1, 0.15) is 0 Å². The Morgan fingerprint density at radius 3 is 3.05 bits per heavy atom. The maximum Gasteiger partial charge on any atom is 0.251 e. The molecule has 2 rings (SSSR count). The highest BCUT2D eigenvalue weighted by atomic mass is 79.9. The van der Waals surface area contributed by atoms with Gasteiger partial charge in [-0.2, -0.15) is 0 Å². The molecule has 0 aliphatic carbocycles. The number of carbonyl (C=O) groups is 1. The zero-order valence-electron chi connectivity index (χ0n) is 12.0. The van der Waals surface area contributed by atoms with E-state index in [1.54, 1.807) is 0 Å². The molecule has 0 saturated carbocycles. The zero-order valence-corrected chi connectivity index (χ0v) is 13.5. The van der Waals surface area contributed by atoms with E-state index < -0.39 is 0 Å². The summed E-state index contributed by atoms with van der Waals surface area (Å²) in [4.78, 5) is 12.3.